The number of aromatic hydroxyl groups is 1. The van der Waals surface area contributed by atoms with Crippen molar-refractivity contribution in [3.05, 3.63) is 65.2 Å². The third kappa shape index (κ3) is 12.0. The maximum Gasteiger partial charge on any atom is 0.408 e. The fraction of sp³-hybridized carbons (Fsp3) is 0.514. The number of phenolic OH excluding ortho intramolecular Hbond substituents is 1. The van der Waals surface area contributed by atoms with Crippen molar-refractivity contribution in [1.29, 1.82) is 0 Å². The lowest BCUT2D eigenvalue weighted by Gasteiger charge is -2.35. The fourth-order valence-corrected chi connectivity index (χ4v) is 4.85. The molecule has 0 aliphatic heterocycles. The van der Waals surface area contributed by atoms with E-state index in [1.807, 2.05) is 6.92 Å². The summed E-state index contributed by atoms with van der Waals surface area (Å²) >= 11 is 0. The minimum atomic E-state index is -1.03. The average Bonchev–Trinajstić information content (AvgIpc) is 2.94. The van der Waals surface area contributed by atoms with Crippen molar-refractivity contribution in [2.24, 2.45) is 0 Å². The molecule has 8 nitrogen and oxygen atoms in total. The molecule has 3 N–H and O–H groups in total. The van der Waals surface area contributed by atoms with Crippen LogP contribution in [-0.2, 0) is 20.7 Å². The van der Waals surface area contributed by atoms with Crippen LogP contribution in [0.1, 0.15) is 103 Å². The number of rotatable bonds is 15. The van der Waals surface area contributed by atoms with E-state index in [-0.39, 0.29) is 24.1 Å². The summed E-state index contributed by atoms with van der Waals surface area (Å²) in [5, 5.41) is 15.7. The predicted molar refractivity (Wildman–Crippen MR) is 170 cm³/mol. The second-order valence-electron chi connectivity index (χ2n) is 12.0. The van der Waals surface area contributed by atoms with E-state index < -0.39 is 29.7 Å². The lowest BCUT2D eigenvalue weighted by Crippen LogP contribution is -2.54. The van der Waals surface area contributed by atoms with Crippen molar-refractivity contribution in [2.75, 3.05) is 6.54 Å². The molecule has 0 fully saturated rings. The first-order valence-electron chi connectivity index (χ1n) is 15.3. The third-order valence-corrected chi connectivity index (χ3v) is 6.96. The number of nitrogens with one attached hydrogen (secondary N) is 2. The second kappa shape index (κ2) is 17.2. The van der Waals surface area contributed by atoms with Gasteiger partial charge < -0.3 is 25.4 Å². The molecule has 2 rings (SSSR count). The van der Waals surface area contributed by atoms with E-state index >= 15 is 0 Å². The van der Waals surface area contributed by atoms with Crippen molar-refractivity contribution < 1.29 is 24.2 Å². The molecule has 0 aliphatic rings. The monoisotopic (exact) mass is 591 g/mol. The molecule has 2 aromatic rings. The number of amides is 3. The highest BCUT2D eigenvalue weighted by Gasteiger charge is 2.36. The number of terminal acetylenes is 1. The molecule has 0 bridgehead atoms. The van der Waals surface area contributed by atoms with Crippen LogP contribution in [0.4, 0.5) is 4.79 Å². The molecular weight excluding hydrogens is 542 g/mol. The number of nitrogens with zero attached hydrogens (tertiary/aromatic N) is 1. The Hall–Kier alpha value is -3.99. The number of phenols is 1. The highest BCUT2D eigenvalue weighted by molar-refractivity contribution is 5.92. The molecule has 0 radical (unpaired) electrons. The summed E-state index contributed by atoms with van der Waals surface area (Å²) in [4.78, 5) is 43.0. The lowest BCUT2D eigenvalue weighted by atomic mass is 9.98. The number of hydrogen-bond donors (Lipinski definition) is 3. The minimum absolute atomic E-state index is 0.0882. The summed E-state index contributed by atoms with van der Waals surface area (Å²) < 4.78 is 5.51. The molecule has 0 heterocycles. The largest absolute Gasteiger partial charge is 0.508 e. The molecular formula is C35H49N3O5. The maximum absolute atomic E-state index is 14.5. The average molecular weight is 592 g/mol. The van der Waals surface area contributed by atoms with Crippen LogP contribution >= 0.6 is 0 Å². The van der Waals surface area contributed by atoms with Gasteiger partial charge in [-0.15, -0.1) is 6.42 Å². The van der Waals surface area contributed by atoms with Crippen molar-refractivity contribution in [3.8, 4) is 18.1 Å². The summed E-state index contributed by atoms with van der Waals surface area (Å²) in [5.74, 6) is 2.00. The zero-order valence-corrected chi connectivity index (χ0v) is 26.6. The van der Waals surface area contributed by atoms with E-state index in [4.69, 9.17) is 11.2 Å². The fourth-order valence-electron chi connectivity index (χ4n) is 4.85. The van der Waals surface area contributed by atoms with Gasteiger partial charge in [0.2, 0.25) is 11.8 Å². The standard InChI is InChI=1S/C35H49N3O5/c1-8-11-12-13-23-38(31(32(40)36-25(4)14-9-2)28-19-15-26(10-3)16-20-28)33(41)30(37-34(42)43-35(5,6)7)24-27-17-21-29(39)22-18-27/h3,15-22,25,30-31,39H,8-9,11-14,23-24H2,1-2,4-7H3,(H,36,40)(H,37,42). The van der Waals surface area contributed by atoms with Crippen LogP contribution in [0.15, 0.2) is 48.5 Å². The molecule has 3 unspecified atom stereocenters. The van der Waals surface area contributed by atoms with E-state index in [2.05, 4.69) is 30.4 Å². The van der Waals surface area contributed by atoms with E-state index in [9.17, 15) is 19.5 Å². The molecule has 2 aromatic carbocycles. The van der Waals surface area contributed by atoms with Crippen molar-refractivity contribution in [3.63, 3.8) is 0 Å². The molecule has 234 valence electrons. The van der Waals surface area contributed by atoms with E-state index in [1.165, 1.54) is 12.1 Å². The molecule has 3 amide bonds. The number of carbonyl (C=O) groups is 3. The van der Waals surface area contributed by atoms with Gasteiger partial charge in [0.1, 0.15) is 23.4 Å². The summed E-state index contributed by atoms with van der Waals surface area (Å²) in [7, 11) is 0. The second-order valence-corrected chi connectivity index (χ2v) is 12.0. The molecule has 0 aromatic heterocycles. The Bertz CT molecular complexity index is 1210. The highest BCUT2D eigenvalue weighted by Crippen LogP contribution is 2.25. The van der Waals surface area contributed by atoms with Gasteiger partial charge in [0.05, 0.1) is 0 Å². The minimum Gasteiger partial charge on any atom is -0.508 e. The SMILES string of the molecule is C#Cc1ccc(C(C(=O)NC(C)CCC)N(CCCCCC)C(=O)C(Cc2ccc(O)cc2)NC(=O)OC(C)(C)C)cc1. The van der Waals surface area contributed by atoms with E-state index in [0.29, 0.717) is 24.1 Å². The topological polar surface area (TPSA) is 108 Å². The summed E-state index contributed by atoms with van der Waals surface area (Å²) in [6, 6.07) is 11.5. The smallest absolute Gasteiger partial charge is 0.408 e. The van der Waals surface area contributed by atoms with Crippen LogP contribution in [0.5, 0.6) is 5.75 Å². The molecule has 0 saturated carbocycles. The van der Waals surface area contributed by atoms with Crippen LogP contribution in [-0.4, -0.2) is 52.1 Å². The first kappa shape index (κ1) is 35.2. The first-order chi connectivity index (χ1) is 20.4. The number of carbonyl (C=O) groups excluding carboxylic acids is 3. The van der Waals surface area contributed by atoms with Gasteiger partial charge in [-0.25, -0.2) is 4.79 Å². The zero-order valence-electron chi connectivity index (χ0n) is 26.6. The van der Waals surface area contributed by atoms with Gasteiger partial charge in [-0.05, 0) is 75.9 Å². The maximum atomic E-state index is 14.5. The number of unbranched alkanes of at least 4 members (excludes halogenated alkanes) is 3. The van der Waals surface area contributed by atoms with Crippen LogP contribution in [0.2, 0.25) is 0 Å². The Labute approximate surface area is 257 Å². The number of ether oxygens (including phenoxy) is 1. The van der Waals surface area contributed by atoms with Gasteiger partial charge in [0, 0.05) is 24.6 Å². The molecule has 0 aliphatic carbocycles. The zero-order chi connectivity index (χ0) is 32.0. The van der Waals surface area contributed by atoms with Gasteiger partial charge in [-0.3, -0.25) is 9.59 Å². The predicted octanol–water partition coefficient (Wildman–Crippen LogP) is 6.26. The summed E-state index contributed by atoms with van der Waals surface area (Å²) in [6.45, 7) is 11.7. The third-order valence-electron chi connectivity index (χ3n) is 6.96. The van der Waals surface area contributed by atoms with Gasteiger partial charge in [-0.1, -0.05) is 69.7 Å². The number of benzene rings is 2. The quantitative estimate of drug-likeness (QED) is 0.167. The molecule has 0 saturated heterocycles. The van der Waals surface area contributed by atoms with Crippen molar-refractivity contribution >= 4 is 17.9 Å². The van der Waals surface area contributed by atoms with Crippen LogP contribution in [0, 0.1) is 12.3 Å². The Morgan fingerprint density at radius 3 is 2.16 bits per heavy atom. The molecule has 0 spiro atoms. The van der Waals surface area contributed by atoms with Crippen LogP contribution in [0.25, 0.3) is 0 Å². The lowest BCUT2D eigenvalue weighted by molar-refractivity contribution is -0.142. The Morgan fingerprint density at radius 1 is 0.953 bits per heavy atom. The Kier molecular flexibility index (Phi) is 14.1. The van der Waals surface area contributed by atoms with Gasteiger partial charge in [0.25, 0.3) is 0 Å². The van der Waals surface area contributed by atoms with Crippen LogP contribution in [0.3, 0.4) is 0 Å². The van der Waals surface area contributed by atoms with Gasteiger partial charge in [-0.2, -0.15) is 0 Å². The number of alkyl carbamates (subject to hydrolysis) is 1. The molecule has 43 heavy (non-hydrogen) atoms. The highest BCUT2D eigenvalue weighted by atomic mass is 16.6. The first-order valence-corrected chi connectivity index (χ1v) is 15.3. The Balaban J connectivity index is 2.59. The summed E-state index contributed by atoms with van der Waals surface area (Å²) in [5.41, 5.74) is 1.26. The van der Waals surface area contributed by atoms with E-state index in [1.54, 1.807) is 62.1 Å². The number of hydrogen-bond acceptors (Lipinski definition) is 5. The van der Waals surface area contributed by atoms with E-state index in [0.717, 1.165) is 37.7 Å². The summed E-state index contributed by atoms with van der Waals surface area (Å²) in [6.07, 6.45) is 10.3. The Morgan fingerprint density at radius 2 is 1.60 bits per heavy atom. The van der Waals surface area contributed by atoms with Crippen molar-refractivity contribution in [2.45, 2.75) is 110 Å². The molecule has 3 atom stereocenters. The van der Waals surface area contributed by atoms with Gasteiger partial charge in [0.15, 0.2) is 0 Å². The van der Waals surface area contributed by atoms with Gasteiger partial charge >= 0.3 is 6.09 Å². The molecule has 8 heteroatoms. The normalized spacial score (nSPS) is 13.2. The van der Waals surface area contributed by atoms with Crippen LogP contribution < -0.4 is 10.6 Å². The van der Waals surface area contributed by atoms with Crippen molar-refractivity contribution in [1.82, 2.24) is 15.5 Å².